The van der Waals surface area contributed by atoms with Gasteiger partial charge in [0.25, 0.3) is 0 Å². The zero-order valence-corrected chi connectivity index (χ0v) is 14.0. The Morgan fingerprint density at radius 2 is 1.58 bits per heavy atom. The Morgan fingerprint density at radius 3 is 2.12 bits per heavy atom. The van der Waals surface area contributed by atoms with Crippen LogP contribution in [0.25, 0.3) is 11.1 Å². The van der Waals surface area contributed by atoms with E-state index >= 15 is 0 Å². The van der Waals surface area contributed by atoms with E-state index in [0.717, 1.165) is 48.1 Å². The quantitative estimate of drug-likeness (QED) is 0.887. The van der Waals surface area contributed by atoms with Crippen molar-refractivity contribution in [3.05, 3.63) is 54.1 Å². The Kier molecular flexibility index (Phi) is 4.86. The molecule has 0 saturated heterocycles. The van der Waals surface area contributed by atoms with Crippen molar-refractivity contribution in [3.8, 4) is 16.9 Å². The van der Waals surface area contributed by atoms with Gasteiger partial charge in [0.2, 0.25) is 5.91 Å². The highest BCUT2D eigenvalue weighted by molar-refractivity contribution is 5.86. The molecule has 4 nitrogen and oxygen atoms in total. The topological polar surface area (TPSA) is 64.3 Å². The second-order valence-corrected chi connectivity index (χ2v) is 6.47. The van der Waals surface area contributed by atoms with E-state index in [1.54, 1.807) is 7.11 Å². The molecule has 0 heterocycles. The summed E-state index contributed by atoms with van der Waals surface area (Å²) in [6.07, 6.45) is 3.66. The number of ether oxygens (including phenoxy) is 1. The van der Waals surface area contributed by atoms with E-state index < -0.39 is 5.54 Å². The minimum Gasteiger partial charge on any atom is -0.497 e. The number of hydrogen-bond acceptors (Lipinski definition) is 3. The lowest BCUT2D eigenvalue weighted by Crippen LogP contribution is -2.51. The van der Waals surface area contributed by atoms with Gasteiger partial charge in [-0.3, -0.25) is 4.79 Å². The van der Waals surface area contributed by atoms with E-state index in [2.05, 4.69) is 17.4 Å². The van der Waals surface area contributed by atoms with Crippen LogP contribution in [-0.2, 0) is 11.3 Å². The summed E-state index contributed by atoms with van der Waals surface area (Å²) in [6.45, 7) is 0.515. The highest BCUT2D eigenvalue weighted by Crippen LogP contribution is 2.27. The van der Waals surface area contributed by atoms with Crippen LogP contribution in [0.4, 0.5) is 0 Å². The molecule has 1 fully saturated rings. The summed E-state index contributed by atoms with van der Waals surface area (Å²) >= 11 is 0. The molecule has 1 aliphatic carbocycles. The van der Waals surface area contributed by atoms with Gasteiger partial charge in [-0.1, -0.05) is 49.2 Å². The molecule has 126 valence electrons. The Balaban J connectivity index is 1.61. The highest BCUT2D eigenvalue weighted by atomic mass is 16.5. The van der Waals surface area contributed by atoms with Crippen molar-refractivity contribution in [1.82, 2.24) is 5.32 Å². The zero-order chi connectivity index (χ0) is 17.0. The molecular weight excluding hydrogens is 300 g/mol. The standard InChI is InChI=1S/C20H24N2O2/c1-24-18-10-8-17(9-11-18)16-6-4-15(5-7-16)14-22-19(23)20(21)12-2-3-13-20/h4-11H,2-3,12-14,21H2,1H3,(H,22,23). The largest absolute Gasteiger partial charge is 0.497 e. The Labute approximate surface area is 143 Å². The molecule has 0 bridgehead atoms. The summed E-state index contributed by atoms with van der Waals surface area (Å²) in [5.41, 5.74) is 8.85. The van der Waals surface area contributed by atoms with Crippen molar-refractivity contribution in [2.75, 3.05) is 7.11 Å². The van der Waals surface area contributed by atoms with Gasteiger partial charge in [-0.15, -0.1) is 0 Å². The van der Waals surface area contributed by atoms with Gasteiger partial charge in [-0.05, 0) is 41.7 Å². The molecule has 0 radical (unpaired) electrons. The first-order chi connectivity index (χ1) is 11.6. The van der Waals surface area contributed by atoms with Crippen molar-refractivity contribution in [3.63, 3.8) is 0 Å². The molecule has 0 atom stereocenters. The van der Waals surface area contributed by atoms with Gasteiger partial charge in [0.1, 0.15) is 5.75 Å². The van der Waals surface area contributed by atoms with Gasteiger partial charge in [0, 0.05) is 6.54 Å². The second-order valence-electron chi connectivity index (χ2n) is 6.47. The number of benzene rings is 2. The minimum absolute atomic E-state index is 0.0285. The number of hydrogen-bond donors (Lipinski definition) is 2. The van der Waals surface area contributed by atoms with Crippen LogP contribution in [-0.4, -0.2) is 18.6 Å². The summed E-state index contributed by atoms with van der Waals surface area (Å²) in [5, 5.41) is 2.98. The molecule has 24 heavy (non-hydrogen) atoms. The summed E-state index contributed by atoms with van der Waals surface area (Å²) < 4.78 is 5.18. The maximum Gasteiger partial charge on any atom is 0.240 e. The van der Waals surface area contributed by atoms with Crippen molar-refractivity contribution < 1.29 is 9.53 Å². The van der Waals surface area contributed by atoms with E-state index in [1.165, 1.54) is 0 Å². The summed E-state index contributed by atoms with van der Waals surface area (Å²) in [7, 11) is 1.66. The Hall–Kier alpha value is -2.33. The number of amides is 1. The number of nitrogens with one attached hydrogen (secondary N) is 1. The predicted octanol–water partition coefficient (Wildman–Crippen LogP) is 3.25. The fourth-order valence-electron chi connectivity index (χ4n) is 3.19. The van der Waals surface area contributed by atoms with E-state index in [1.807, 2.05) is 36.4 Å². The third-order valence-electron chi connectivity index (χ3n) is 4.78. The first-order valence-corrected chi connectivity index (χ1v) is 8.41. The maximum absolute atomic E-state index is 12.2. The lowest BCUT2D eigenvalue weighted by Gasteiger charge is -2.22. The fraction of sp³-hybridized carbons (Fsp3) is 0.350. The molecule has 2 aromatic rings. The number of carbonyl (C=O) groups is 1. The first kappa shape index (κ1) is 16.5. The van der Waals surface area contributed by atoms with Crippen LogP contribution in [0.2, 0.25) is 0 Å². The van der Waals surface area contributed by atoms with E-state index in [-0.39, 0.29) is 5.91 Å². The van der Waals surface area contributed by atoms with Crippen LogP contribution < -0.4 is 15.8 Å². The van der Waals surface area contributed by atoms with Crippen molar-refractivity contribution >= 4 is 5.91 Å². The van der Waals surface area contributed by atoms with E-state index in [0.29, 0.717) is 6.54 Å². The number of rotatable bonds is 5. The predicted molar refractivity (Wildman–Crippen MR) is 95.7 cm³/mol. The molecule has 0 spiro atoms. The van der Waals surface area contributed by atoms with Crippen LogP contribution in [0, 0.1) is 0 Å². The van der Waals surface area contributed by atoms with Gasteiger partial charge in [-0.2, -0.15) is 0 Å². The zero-order valence-electron chi connectivity index (χ0n) is 14.0. The summed E-state index contributed by atoms with van der Waals surface area (Å²) in [6, 6.07) is 16.2. The van der Waals surface area contributed by atoms with E-state index in [9.17, 15) is 4.79 Å². The average Bonchev–Trinajstić information content (AvgIpc) is 3.08. The third kappa shape index (κ3) is 3.60. The molecule has 3 rings (SSSR count). The highest BCUT2D eigenvalue weighted by Gasteiger charge is 2.36. The minimum atomic E-state index is -0.664. The Bertz CT molecular complexity index is 687. The van der Waals surface area contributed by atoms with Crippen LogP contribution in [0.3, 0.4) is 0 Å². The maximum atomic E-state index is 12.2. The van der Waals surface area contributed by atoms with Crippen LogP contribution >= 0.6 is 0 Å². The lowest BCUT2D eigenvalue weighted by molar-refractivity contribution is -0.126. The van der Waals surface area contributed by atoms with Gasteiger partial charge in [0.15, 0.2) is 0 Å². The monoisotopic (exact) mass is 324 g/mol. The molecule has 0 unspecified atom stereocenters. The van der Waals surface area contributed by atoms with Gasteiger partial charge >= 0.3 is 0 Å². The Morgan fingerprint density at radius 1 is 1.04 bits per heavy atom. The molecule has 2 aromatic carbocycles. The van der Waals surface area contributed by atoms with Crippen molar-refractivity contribution in [2.45, 2.75) is 37.8 Å². The first-order valence-electron chi connectivity index (χ1n) is 8.41. The molecular formula is C20H24N2O2. The second kappa shape index (κ2) is 7.05. The van der Waals surface area contributed by atoms with Gasteiger partial charge in [0.05, 0.1) is 12.6 Å². The van der Waals surface area contributed by atoms with Crippen molar-refractivity contribution in [2.24, 2.45) is 5.73 Å². The van der Waals surface area contributed by atoms with E-state index in [4.69, 9.17) is 10.5 Å². The SMILES string of the molecule is COc1ccc(-c2ccc(CNC(=O)C3(N)CCCC3)cc2)cc1. The summed E-state index contributed by atoms with van der Waals surface area (Å²) in [4.78, 5) is 12.2. The molecule has 0 aromatic heterocycles. The van der Waals surface area contributed by atoms with Crippen LogP contribution in [0.5, 0.6) is 5.75 Å². The van der Waals surface area contributed by atoms with Crippen LogP contribution in [0.1, 0.15) is 31.2 Å². The molecule has 0 aliphatic heterocycles. The van der Waals surface area contributed by atoms with Gasteiger partial charge in [-0.25, -0.2) is 0 Å². The number of nitrogens with two attached hydrogens (primary N) is 1. The summed E-state index contributed by atoms with van der Waals surface area (Å²) in [5.74, 6) is 0.819. The molecule has 3 N–H and O–H groups in total. The van der Waals surface area contributed by atoms with Crippen molar-refractivity contribution in [1.29, 1.82) is 0 Å². The third-order valence-corrected chi connectivity index (χ3v) is 4.78. The average molecular weight is 324 g/mol. The fourth-order valence-corrected chi connectivity index (χ4v) is 3.19. The smallest absolute Gasteiger partial charge is 0.240 e. The lowest BCUT2D eigenvalue weighted by atomic mass is 9.98. The molecule has 1 aliphatic rings. The van der Waals surface area contributed by atoms with Gasteiger partial charge < -0.3 is 15.8 Å². The number of carbonyl (C=O) groups excluding carboxylic acids is 1. The number of methoxy groups -OCH3 is 1. The van der Waals surface area contributed by atoms with Crippen LogP contribution in [0.15, 0.2) is 48.5 Å². The molecule has 1 saturated carbocycles. The molecule has 4 heteroatoms. The normalized spacial score (nSPS) is 15.9. The molecule has 1 amide bonds.